The number of benzene rings is 1. The summed E-state index contributed by atoms with van der Waals surface area (Å²) >= 11 is 1.53. The fraction of sp³-hybridized carbons (Fsp3) is 0.250. The van der Waals surface area contributed by atoms with E-state index in [0.29, 0.717) is 13.2 Å². The minimum absolute atomic E-state index is 0.0706. The van der Waals surface area contributed by atoms with Crippen LogP contribution in [0.25, 0.3) is 0 Å². The molecule has 1 N–H and O–H groups in total. The quantitative estimate of drug-likeness (QED) is 0.733. The van der Waals surface area contributed by atoms with Crippen molar-refractivity contribution in [3.05, 3.63) is 71.4 Å². The van der Waals surface area contributed by atoms with Gasteiger partial charge < -0.3 is 14.2 Å². The standard InChI is InChI=1S/C20H21N3O2S/c1-2-25-16-9-7-15(8-10-16)19-17-5-3-11-22(17)12-13-23(19)20(24)21-18-6-4-14-26-18/h3-11,14,19H,2,12-13H2,1H3,(H,21,24)/t19-/m1/s1. The van der Waals surface area contributed by atoms with Gasteiger partial charge in [-0.25, -0.2) is 4.79 Å². The first-order valence-corrected chi connectivity index (χ1v) is 9.63. The zero-order chi connectivity index (χ0) is 17.9. The molecule has 2 amide bonds. The van der Waals surface area contributed by atoms with E-state index in [2.05, 4.69) is 22.1 Å². The Bertz CT molecular complexity index is 871. The average molecular weight is 367 g/mol. The Morgan fingerprint density at radius 2 is 2.04 bits per heavy atom. The van der Waals surface area contributed by atoms with Crippen LogP contribution in [-0.2, 0) is 6.54 Å². The first-order valence-electron chi connectivity index (χ1n) is 8.75. The number of rotatable bonds is 4. The maximum atomic E-state index is 12.9. The predicted octanol–water partition coefficient (Wildman–Crippen LogP) is 4.59. The van der Waals surface area contributed by atoms with Gasteiger partial charge in [-0.1, -0.05) is 12.1 Å². The van der Waals surface area contributed by atoms with Crippen LogP contribution in [0.2, 0.25) is 0 Å². The maximum Gasteiger partial charge on any atom is 0.323 e. The number of anilines is 1. The second-order valence-corrected chi connectivity index (χ2v) is 7.08. The Morgan fingerprint density at radius 3 is 2.77 bits per heavy atom. The molecular formula is C20H21N3O2S. The van der Waals surface area contributed by atoms with Crippen molar-refractivity contribution in [3.63, 3.8) is 0 Å². The molecule has 1 aromatic carbocycles. The molecule has 26 heavy (non-hydrogen) atoms. The minimum Gasteiger partial charge on any atom is -0.494 e. The molecule has 0 fully saturated rings. The van der Waals surface area contributed by atoms with Gasteiger partial charge in [-0.2, -0.15) is 0 Å². The number of amides is 2. The van der Waals surface area contributed by atoms with Crippen LogP contribution >= 0.6 is 11.3 Å². The summed E-state index contributed by atoms with van der Waals surface area (Å²) in [5.41, 5.74) is 2.20. The molecule has 3 aromatic rings. The molecule has 3 heterocycles. The highest BCUT2D eigenvalue weighted by Gasteiger charge is 2.32. The zero-order valence-corrected chi connectivity index (χ0v) is 15.4. The number of nitrogens with one attached hydrogen (secondary N) is 1. The van der Waals surface area contributed by atoms with Gasteiger partial charge in [0.05, 0.1) is 17.6 Å². The van der Waals surface area contributed by atoms with Crippen LogP contribution in [0.15, 0.2) is 60.1 Å². The van der Waals surface area contributed by atoms with Crippen LogP contribution in [0.3, 0.4) is 0 Å². The lowest BCUT2D eigenvalue weighted by molar-refractivity contribution is 0.182. The highest BCUT2D eigenvalue weighted by molar-refractivity contribution is 7.14. The van der Waals surface area contributed by atoms with Gasteiger partial charge in [0.1, 0.15) is 5.75 Å². The topological polar surface area (TPSA) is 46.5 Å². The second kappa shape index (κ2) is 7.25. The van der Waals surface area contributed by atoms with Crippen molar-refractivity contribution in [1.82, 2.24) is 9.47 Å². The molecule has 0 aliphatic carbocycles. The molecule has 0 saturated carbocycles. The average Bonchev–Trinajstić information content (AvgIpc) is 3.33. The third kappa shape index (κ3) is 3.20. The van der Waals surface area contributed by atoms with Gasteiger partial charge in [-0.15, -0.1) is 11.3 Å². The summed E-state index contributed by atoms with van der Waals surface area (Å²) in [4.78, 5) is 14.8. The lowest BCUT2D eigenvalue weighted by Crippen LogP contribution is -2.44. The van der Waals surface area contributed by atoms with Crippen molar-refractivity contribution in [2.75, 3.05) is 18.5 Å². The van der Waals surface area contributed by atoms with Crippen molar-refractivity contribution < 1.29 is 9.53 Å². The SMILES string of the molecule is CCOc1ccc([C@@H]2c3cccn3CCN2C(=O)Nc2cccs2)cc1. The van der Waals surface area contributed by atoms with Crippen LogP contribution in [0.1, 0.15) is 24.2 Å². The number of fused-ring (bicyclic) bond motifs is 1. The van der Waals surface area contributed by atoms with E-state index in [1.807, 2.05) is 59.7 Å². The molecule has 0 radical (unpaired) electrons. The lowest BCUT2D eigenvalue weighted by Gasteiger charge is -2.37. The summed E-state index contributed by atoms with van der Waals surface area (Å²) in [5.74, 6) is 0.844. The maximum absolute atomic E-state index is 12.9. The number of nitrogens with zero attached hydrogens (tertiary/aromatic N) is 2. The number of hydrogen-bond acceptors (Lipinski definition) is 3. The zero-order valence-electron chi connectivity index (χ0n) is 14.6. The Hall–Kier alpha value is -2.73. The van der Waals surface area contributed by atoms with Gasteiger partial charge in [0, 0.05) is 25.0 Å². The summed E-state index contributed by atoms with van der Waals surface area (Å²) in [7, 11) is 0. The molecule has 5 nitrogen and oxygen atoms in total. The van der Waals surface area contributed by atoms with Crippen molar-refractivity contribution in [2.24, 2.45) is 0 Å². The van der Waals surface area contributed by atoms with E-state index >= 15 is 0 Å². The molecule has 1 aliphatic rings. The smallest absolute Gasteiger partial charge is 0.323 e. The van der Waals surface area contributed by atoms with E-state index < -0.39 is 0 Å². The number of urea groups is 1. The number of hydrogen-bond donors (Lipinski definition) is 1. The molecule has 134 valence electrons. The summed E-state index contributed by atoms with van der Waals surface area (Å²) < 4.78 is 7.77. The summed E-state index contributed by atoms with van der Waals surface area (Å²) in [5, 5.41) is 5.84. The first-order chi connectivity index (χ1) is 12.8. The minimum atomic E-state index is -0.116. The number of carbonyl (C=O) groups is 1. The van der Waals surface area contributed by atoms with Crippen LogP contribution in [0, 0.1) is 0 Å². The second-order valence-electron chi connectivity index (χ2n) is 6.13. The largest absolute Gasteiger partial charge is 0.494 e. The molecule has 4 rings (SSSR count). The molecule has 0 unspecified atom stereocenters. The van der Waals surface area contributed by atoms with Gasteiger partial charge in [0.25, 0.3) is 0 Å². The number of carbonyl (C=O) groups excluding carboxylic acids is 1. The van der Waals surface area contributed by atoms with E-state index in [-0.39, 0.29) is 12.1 Å². The van der Waals surface area contributed by atoms with Gasteiger partial charge in [-0.05, 0) is 54.3 Å². The van der Waals surface area contributed by atoms with Crippen molar-refractivity contribution in [1.29, 1.82) is 0 Å². The number of aromatic nitrogens is 1. The van der Waals surface area contributed by atoms with Crippen LogP contribution < -0.4 is 10.1 Å². The van der Waals surface area contributed by atoms with Crippen molar-refractivity contribution in [3.8, 4) is 5.75 Å². The first kappa shape index (κ1) is 16.7. The highest BCUT2D eigenvalue weighted by atomic mass is 32.1. The fourth-order valence-electron chi connectivity index (χ4n) is 3.39. The van der Waals surface area contributed by atoms with Crippen molar-refractivity contribution >= 4 is 22.4 Å². The normalized spacial score (nSPS) is 16.2. The van der Waals surface area contributed by atoms with Gasteiger partial charge in [0.15, 0.2) is 0 Å². The fourth-order valence-corrected chi connectivity index (χ4v) is 4.00. The van der Waals surface area contributed by atoms with Gasteiger partial charge >= 0.3 is 6.03 Å². The van der Waals surface area contributed by atoms with Crippen LogP contribution in [-0.4, -0.2) is 28.6 Å². The van der Waals surface area contributed by atoms with E-state index in [0.717, 1.165) is 28.6 Å². The highest BCUT2D eigenvalue weighted by Crippen LogP contribution is 2.34. The number of thiophene rings is 1. The van der Waals surface area contributed by atoms with Gasteiger partial charge in [0.2, 0.25) is 0 Å². The monoisotopic (exact) mass is 367 g/mol. The third-order valence-electron chi connectivity index (χ3n) is 4.56. The summed E-state index contributed by atoms with van der Waals surface area (Å²) in [6.45, 7) is 4.07. The van der Waals surface area contributed by atoms with Crippen LogP contribution in [0.4, 0.5) is 9.80 Å². The van der Waals surface area contributed by atoms with Crippen LogP contribution in [0.5, 0.6) is 5.75 Å². The molecule has 0 bridgehead atoms. The Balaban J connectivity index is 1.65. The van der Waals surface area contributed by atoms with E-state index in [1.54, 1.807) is 0 Å². The van der Waals surface area contributed by atoms with E-state index in [4.69, 9.17) is 4.74 Å². The molecule has 2 aromatic heterocycles. The lowest BCUT2D eigenvalue weighted by atomic mass is 10.00. The molecular weight excluding hydrogens is 346 g/mol. The summed E-state index contributed by atoms with van der Waals surface area (Å²) in [6, 6.07) is 15.8. The Morgan fingerprint density at radius 1 is 1.19 bits per heavy atom. The van der Waals surface area contributed by atoms with E-state index in [9.17, 15) is 4.79 Å². The third-order valence-corrected chi connectivity index (χ3v) is 5.34. The van der Waals surface area contributed by atoms with Gasteiger partial charge in [-0.3, -0.25) is 5.32 Å². The van der Waals surface area contributed by atoms with Crippen molar-refractivity contribution in [2.45, 2.75) is 19.5 Å². The molecule has 0 spiro atoms. The van der Waals surface area contributed by atoms with E-state index in [1.165, 1.54) is 11.3 Å². The molecule has 6 heteroatoms. The predicted molar refractivity (Wildman–Crippen MR) is 104 cm³/mol. The summed E-state index contributed by atoms with van der Waals surface area (Å²) in [6.07, 6.45) is 2.07. The Labute approximate surface area is 156 Å². The Kier molecular flexibility index (Phi) is 4.67. The molecule has 1 aliphatic heterocycles. The number of ether oxygens (including phenoxy) is 1. The molecule has 0 saturated heterocycles. The molecule has 1 atom stereocenters.